The van der Waals surface area contributed by atoms with Gasteiger partial charge in [-0.05, 0) is 122 Å². The lowest BCUT2D eigenvalue weighted by molar-refractivity contribution is -0.0602. The molecule has 38 heavy (non-hydrogen) atoms. The molecule has 1 heterocycles. The smallest absolute Gasteiger partial charge is 0.339 e. The topological polar surface area (TPSA) is 39.2 Å². The molecule has 3 nitrogen and oxygen atoms in total. The van der Waals surface area contributed by atoms with Crippen LogP contribution in [0.3, 0.4) is 0 Å². The zero-order chi connectivity index (χ0) is 27.1. The van der Waals surface area contributed by atoms with Crippen molar-refractivity contribution in [1.82, 2.24) is 4.98 Å². The zero-order valence-electron chi connectivity index (χ0n) is 25.0. The van der Waals surface area contributed by atoms with E-state index in [0.717, 1.165) is 60.7 Å². The van der Waals surface area contributed by atoms with Crippen molar-refractivity contribution in [2.75, 3.05) is 0 Å². The monoisotopic (exact) mass is 519 g/mol. The van der Waals surface area contributed by atoms with Gasteiger partial charge in [0.1, 0.15) is 6.10 Å². The van der Waals surface area contributed by atoms with E-state index in [1.165, 1.54) is 51.4 Å². The van der Waals surface area contributed by atoms with Crippen LogP contribution in [0, 0.1) is 52.3 Å². The summed E-state index contributed by atoms with van der Waals surface area (Å²) >= 11 is 0. The van der Waals surface area contributed by atoms with Gasteiger partial charge in [-0.2, -0.15) is 0 Å². The normalized spacial score (nSPS) is 38.0. The fourth-order valence-corrected chi connectivity index (χ4v) is 10.2. The Hall–Kier alpha value is -1.64. The SMILES string of the molecule is CC[C@H](CC(C)C)C[C@H](C)[C@H]1CC[C@H]2[C@@H]3CC=C4C[C@@H](OC(=O)c5cccnc5)CC[C@]4(C)[C@H]3CC[C@]12C. The molecule has 210 valence electrons. The maximum atomic E-state index is 12.7. The standard InChI is InChI=1S/C35H53NO2/c1-7-25(19-23(2)3)20-24(4)30-12-13-31-29-11-10-27-21-28(38-33(37)26-9-8-18-36-22-26)14-16-34(27,5)32(29)15-17-35(30,31)6/h8-10,18,22-25,28-32H,7,11-17,19-21H2,1-6H3/t24-,25+,28-,29-,30+,31-,32-,34-,35+/m0/s1. The Labute approximate surface area is 232 Å². The fourth-order valence-electron chi connectivity index (χ4n) is 10.2. The number of fused-ring (bicyclic) bond motifs is 5. The van der Waals surface area contributed by atoms with E-state index < -0.39 is 0 Å². The average Bonchev–Trinajstić information content (AvgIpc) is 3.26. The second-order valence-electron chi connectivity index (χ2n) is 14.6. The molecule has 4 aliphatic rings. The quantitative estimate of drug-likeness (QED) is 0.254. The molecule has 3 heteroatoms. The van der Waals surface area contributed by atoms with Crippen LogP contribution in [0.2, 0.25) is 0 Å². The number of pyridine rings is 1. The molecule has 3 fully saturated rings. The van der Waals surface area contributed by atoms with Crippen molar-refractivity contribution in [2.45, 2.75) is 118 Å². The number of carbonyl (C=O) groups excluding carboxylic acids is 1. The van der Waals surface area contributed by atoms with Crippen molar-refractivity contribution in [3.63, 3.8) is 0 Å². The molecule has 0 radical (unpaired) electrons. The van der Waals surface area contributed by atoms with Gasteiger partial charge in [0.25, 0.3) is 0 Å². The maximum absolute atomic E-state index is 12.7. The predicted molar refractivity (Wildman–Crippen MR) is 156 cm³/mol. The molecule has 3 saturated carbocycles. The maximum Gasteiger partial charge on any atom is 0.339 e. The highest BCUT2D eigenvalue weighted by atomic mass is 16.5. The van der Waals surface area contributed by atoms with Gasteiger partial charge in [0.2, 0.25) is 0 Å². The zero-order valence-corrected chi connectivity index (χ0v) is 25.0. The molecule has 0 N–H and O–H groups in total. The highest BCUT2D eigenvalue weighted by molar-refractivity contribution is 5.89. The van der Waals surface area contributed by atoms with Gasteiger partial charge in [-0.3, -0.25) is 4.98 Å². The van der Waals surface area contributed by atoms with Crippen LogP contribution in [0.15, 0.2) is 36.2 Å². The number of hydrogen-bond donors (Lipinski definition) is 0. The summed E-state index contributed by atoms with van der Waals surface area (Å²) in [6, 6.07) is 3.60. The van der Waals surface area contributed by atoms with E-state index in [4.69, 9.17) is 4.74 Å². The number of rotatable bonds is 8. The summed E-state index contributed by atoms with van der Waals surface area (Å²) in [6.07, 6.45) is 20.1. The molecule has 5 rings (SSSR count). The van der Waals surface area contributed by atoms with Gasteiger partial charge in [0.15, 0.2) is 0 Å². The third-order valence-corrected chi connectivity index (χ3v) is 12.1. The van der Waals surface area contributed by atoms with Crippen LogP contribution in [0.1, 0.15) is 123 Å². The average molecular weight is 520 g/mol. The Morgan fingerprint density at radius 3 is 2.61 bits per heavy atom. The minimum absolute atomic E-state index is 0.00139. The number of esters is 1. The highest BCUT2D eigenvalue weighted by Gasteiger charge is 2.59. The van der Waals surface area contributed by atoms with Crippen molar-refractivity contribution >= 4 is 5.97 Å². The number of hydrogen-bond acceptors (Lipinski definition) is 3. The van der Waals surface area contributed by atoms with Crippen LogP contribution >= 0.6 is 0 Å². The van der Waals surface area contributed by atoms with Crippen LogP contribution in [0.5, 0.6) is 0 Å². The molecule has 0 unspecified atom stereocenters. The Morgan fingerprint density at radius 1 is 1.08 bits per heavy atom. The summed E-state index contributed by atoms with van der Waals surface area (Å²) in [5.41, 5.74) is 2.95. The third-order valence-electron chi connectivity index (χ3n) is 12.1. The van der Waals surface area contributed by atoms with E-state index >= 15 is 0 Å². The van der Waals surface area contributed by atoms with Gasteiger partial charge in [-0.25, -0.2) is 4.79 Å². The summed E-state index contributed by atoms with van der Waals surface area (Å²) in [6.45, 7) is 15.1. The summed E-state index contributed by atoms with van der Waals surface area (Å²) in [4.78, 5) is 16.8. The van der Waals surface area contributed by atoms with Crippen LogP contribution in [-0.4, -0.2) is 17.1 Å². The van der Waals surface area contributed by atoms with Gasteiger partial charge < -0.3 is 4.74 Å². The van der Waals surface area contributed by atoms with Gasteiger partial charge in [0.05, 0.1) is 5.56 Å². The molecule has 1 aromatic rings. The number of allylic oxidation sites excluding steroid dienone is 1. The molecular weight excluding hydrogens is 466 g/mol. The lowest BCUT2D eigenvalue weighted by Gasteiger charge is -2.58. The van der Waals surface area contributed by atoms with Gasteiger partial charge >= 0.3 is 5.97 Å². The van der Waals surface area contributed by atoms with E-state index in [9.17, 15) is 4.79 Å². The number of ether oxygens (including phenoxy) is 1. The number of aromatic nitrogens is 1. The first-order valence-electron chi connectivity index (χ1n) is 16.0. The molecule has 0 amide bonds. The third kappa shape index (κ3) is 5.13. The van der Waals surface area contributed by atoms with Crippen LogP contribution in [-0.2, 0) is 4.74 Å². The fraction of sp³-hybridized carbons (Fsp3) is 0.771. The Kier molecular flexibility index (Phi) is 8.14. The minimum Gasteiger partial charge on any atom is -0.458 e. The van der Waals surface area contributed by atoms with Crippen molar-refractivity contribution in [1.29, 1.82) is 0 Å². The van der Waals surface area contributed by atoms with E-state index in [-0.39, 0.29) is 17.5 Å². The Balaban J connectivity index is 1.26. The highest BCUT2D eigenvalue weighted by Crippen LogP contribution is 2.67. The lowest BCUT2D eigenvalue weighted by atomic mass is 9.47. The van der Waals surface area contributed by atoms with Gasteiger partial charge in [-0.1, -0.05) is 59.6 Å². The van der Waals surface area contributed by atoms with Crippen molar-refractivity contribution in [3.8, 4) is 0 Å². The first kappa shape index (κ1) is 27.9. The van der Waals surface area contributed by atoms with Crippen molar-refractivity contribution in [3.05, 3.63) is 41.7 Å². The van der Waals surface area contributed by atoms with E-state index in [0.29, 0.717) is 11.0 Å². The van der Waals surface area contributed by atoms with Crippen LogP contribution < -0.4 is 0 Å². The second-order valence-corrected chi connectivity index (χ2v) is 14.6. The van der Waals surface area contributed by atoms with Gasteiger partial charge in [-0.15, -0.1) is 0 Å². The van der Waals surface area contributed by atoms with Crippen molar-refractivity contribution in [2.24, 2.45) is 52.3 Å². The van der Waals surface area contributed by atoms with Crippen molar-refractivity contribution < 1.29 is 9.53 Å². The van der Waals surface area contributed by atoms with Crippen LogP contribution in [0.4, 0.5) is 0 Å². The molecule has 0 bridgehead atoms. The molecule has 4 aliphatic carbocycles. The summed E-state index contributed by atoms with van der Waals surface area (Å²) < 4.78 is 5.98. The summed E-state index contributed by atoms with van der Waals surface area (Å²) in [5.74, 6) is 5.75. The Morgan fingerprint density at radius 2 is 1.89 bits per heavy atom. The molecule has 0 spiro atoms. The molecule has 0 saturated heterocycles. The first-order chi connectivity index (χ1) is 18.2. The van der Waals surface area contributed by atoms with E-state index in [1.54, 1.807) is 30.1 Å². The van der Waals surface area contributed by atoms with E-state index in [1.807, 2.05) is 0 Å². The Bertz CT molecular complexity index is 1000. The van der Waals surface area contributed by atoms with E-state index in [2.05, 4.69) is 52.6 Å². The second kappa shape index (κ2) is 11.1. The molecular formula is C35H53NO2. The molecule has 1 aromatic heterocycles. The van der Waals surface area contributed by atoms with Gasteiger partial charge in [0, 0.05) is 18.8 Å². The summed E-state index contributed by atoms with van der Waals surface area (Å²) in [5, 5.41) is 0. The largest absolute Gasteiger partial charge is 0.458 e. The summed E-state index contributed by atoms with van der Waals surface area (Å²) in [7, 11) is 0. The number of nitrogens with zero attached hydrogens (tertiary/aromatic N) is 1. The van der Waals surface area contributed by atoms with Crippen LogP contribution in [0.25, 0.3) is 0 Å². The molecule has 9 atom stereocenters. The minimum atomic E-state index is -0.223. The predicted octanol–water partition coefficient (Wildman–Crippen LogP) is 9.28. The lowest BCUT2D eigenvalue weighted by Crippen LogP contribution is -2.51. The number of carbonyl (C=O) groups is 1. The molecule has 0 aromatic carbocycles. The first-order valence-corrected chi connectivity index (χ1v) is 16.0. The molecule has 0 aliphatic heterocycles.